The highest BCUT2D eigenvalue weighted by molar-refractivity contribution is 5.44. The van der Waals surface area contributed by atoms with Gasteiger partial charge in [-0.25, -0.2) is 0 Å². The Balaban J connectivity index is 2.23. The van der Waals surface area contributed by atoms with Crippen molar-refractivity contribution in [2.24, 2.45) is 0 Å². The molecule has 1 aromatic heterocycles. The molecule has 0 spiro atoms. The van der Waals surface area contributed by atoms with Gasteiger partial charge in [0.1, 0.15) is 0 Å². The van der Waals surface area contributed by atoms with Gasteiger partial charge in [0.2, 0.25) is 0 Å². The van der Waals surface area contributed by atoms with Gasteiger partial charge >= 0.3 is 0 Å². The SMILES string of the molecule is CNC(Cc1ccncc1)c1ccc(OC)c(OC)c1. The lowest BCUT2D eigenvalue weighted by molar-refractivity contribution is 0.354. The lowest BCUT2D eigenvalue weighted by atomic mass is 9.99. The molecule has 0 aliphatic heterocycles. The summed E-state index contributed by atoms with van der Waals surface area (Å²) in [6.07, 6.45) is 4.53. The van der Waals surface area contributed by atoms with Crippen molar-refractivity contribution in [2.45, 2.75) is 12.5 Å². The number of ether oxygens (including phenoxy) is 2. The van der Waals surface area contributed by atoms with E-state index in [1.165, 1.54) is 11.1 Å². The zero-order chi connectivity index (χ0) is 14.4. The van der Waals surface area contributed by atoms with Crippen LogP contribution in [-0.4, -0.2) is 26.3 Å². The summed E-state index contributed by atoms with van der Waals surface area (Å²) in [6, 6.07) is 10.3. The summed E-state index contributed by atoms with van der Waals surface area (Å²) < 4.78 is 10.6. The van der Waals surface area contributed by atoms with Crippen molar-refractivity contribution in [3.8, 4) is 11.5 Å². The zero-order valence-electron chi connectivity index (χ0n) is 12.1. The zero-order valence-corrected chi connectivity index (χ0v) is 12.1. The summed E-state index contributed by atoms with van der Waals surface area (Å²) in [5.74, 6) is 1.50. The van der Waals surface area contributed by atoms with Gasteiger partial charge in [-0.3, -0.25) is 4.98 Å². The van der Waals surface area contributed by atoms with E-state index < -0.39 is 0 Å². The fourth-order valence-corrected chi connectivity index (χ4v) is 2.21. The number of hydrogen-bond donors (Lipinski definition) is 1. The van der Waals surface area contributed by atoms with Crippen LogP contribution in [0.2, 0.25) is 0 Å². The van der Waals surface area contributed by atoms with Gasteiger partial charge in [-0.1, -0.05) is 6.07 Å². The first kappa shape index (κ1) is 14.3. The van der Waals surface area contributed by atoms with Crippen LogP contribution in [0.15, 0.2) is 42.7 Å². The highest BCUT2D eigenvalue weighted by Crippen LogP contribution is 2.30. The third-order valence-electron chi connectivity index (χ3n) is 3.35. The number of hydrogen-bond acceptors (Lipinski definition) is 4. The van der Waals surface area contributed by atoms with E-state index in [1.54, 1.807) is 14.2 Å². The largest absolute Gasteiger partial charge is 0.493 e. The minimum atomic E-state index is 0.220. The molecule has 2 rings (SSSR count). The summed E-state index contributed by atoms with van der Waals surface area (Å²) in [4.78, 5) is 4.04. The number of aromatic nitrogens is 1. The predicted octanol–water partition coefficient (Wildman–Crippen LogP) is 2.60. The number of methoxy groups -OCH3 is 2. The van der Waals surface area contributed by atoms with Gasteiger partial charge in [0.25, 0.3) is 0 Å². The van der Waals surface area contributed by atoms with E-state index in [4.69, 9.17) is 9.47 Å². The van der Waals surface area contributed by atoms with Crippen LogP contribution in [0.25, 0.3) is 0 Å². The molecule has 4 heteroatoms. The normalized spacial score (nSPS) is 11.9. The lowest BCUT2D eigenvalue weighted by Crippen LogP contribution is -2.19. The maximum atomic E-state index is 5.36. The van der Waals surface area contributed by atoms with Crippen molar-refractivity contribution in [3.05, 3.63) is 53.9 Å². The fourth-order valence-electron chi connectivity index (χ4n) is 2.21. The van der Waals surface area contributed by atoms with Gasteiger partial charge in [0.15, 0.2) is 11.5 Å². The second-order valence-electron chi connectivity index (χ2n) is 4.52. The van der Waals surface area contributed by atoms with Crippen molar-refractivity contribution >= 4 is 0 Å². The molecule has 0 saturated carbocycles. The molecule has 0 aliphatic rings. The Bertz CT molecular complexity index is 543. The molecule has 0 aliphatic carbocycles. The van der Waals surface area contributed by atoms with Crippen LogP contribution in [0.1, 0.15) is 17.2 Å². The predicted molar refractivity (Wildman–Crippen MR) is 79.3 cm³/mol. The molecule has 1 aromatic carbocycles. The van der Waals surface area contributed by atoms with Crippen LogP contribution in [0.4, 0.5) is 0 Å². The first-order valence-corrected chi connectivity index (χ1v) is 6.56. The lowest BCUT2D eigenvalue weighted by Gasteiger charge is -2.18. The van der Waals surface area contributed by atoms with Gasteiger partial charge in [-0.05, 0) is 48.9 Å². The number of nitrogens with zero attached hydrogens (tertiary/aromatic N) is 1. The molecule has 0 amide bonds. The van der Waals surface area contributed by atoms with E-state index in [-0.39, 0.29) is 6.04 Å². The second kappa shape index (κ2) is 6.91. The molecule has 106 valence electrons. The van der Waals surface area contributed by atoms with Gasteiger partial charge in [-0.15, -0.1) is 0 Å². The molecule has 4 nitrogen and oxygen atoms in total. The average Bonchev–Trinajstić information content (AvgIpc) is 2.53. The van der Waals surface area contributed by atoms with Crippen molar-refractivity contribution in [1.82, 2.24) is 10.3 Å². The molecule has 0 fully saturated rings. The molecule has 1 unspecified atom stereocenters. The number of pyridine rings is 1. The molecule has 20 heavy (non-hydrogen) atoms. The summed E-state index contributed by atoms with van der Waals surface area (Å²) in [5.41, 5.74) is 2.41. The highest BCUT2D eigenvalue weighted by Gasteiger charge is 2.13. The van der Waals surface area contributed by atoms with Gasteiger partial charge in [0, 0.05) is 18.4 Å². The Morgan fingerprint density at radius 2 is 1.75 bits per heavy atom. The topological polar surface area (TPSA) is 43.4 Å². The Hall–Kier alpha value is -2.07. The molecule has 1 N–H and O–H groups in total. The smallest absolute Gasteiger partial charge is 0.161 e. The number of benzene rings is 1. The van der Waals surface area contributed by atoms with E-state index in [0.29, 0.717) is 0 Å². The molecule has 1 atom stereocenters. The fraction of sp³-hybridized carbons (Fsp3) is 0.312. The monoisotopic (exact) mass is 272 g/mol. The Kier molecular flexibility index (Phi) is 4.96. The van der Waals surface area contributed by atoms with E-state index >= 15 is 0 Å². The van der Waals surface area contributed by atoms with E-state index in [0.717, 1.165) is 17.9 Å². The van der Waals surface area contributed by atoms with Crippen LogP contribution in [-0.2, 0) is 6.42 Å². The van der Waals surface area contributed by atoms with Crippen LogP contribution < -0.4 is 14.8 Å². The summed E-state index contributed by atoms with van der Waals surface area (Å²) in [7, 11) is 5.26. The van der Waals surface area contributed by atoms with Crippen molar-refractivity contribution in [3.63, 3.8) is 0 Å². The van der Waals surface area contributed by atoms with Crippen LogP contribution in [0.3, 0.4) is 0 Å². The number of rotatable bonds is 6. The summed E-state index contributed by atoms with van der Waals surface area (Å²) in [5, 5.41) is 3.34. The molecule has 0 saturated heterocycles. The van der Waals surface area contributed by atoms with Gasteiger partial charge < -0.3 is 14.8 Å². The van der Waals surface area contributed by atoms with Crippen molar-refractivity contribution in [1.29, 1.82) is 0 Å². The molecular weight excluding hydrogens is 252 g/mol. The van der Waals surface area contributed by atoms with E-state index in [1.807, 2.05) is 43.7 Å². The van der Waals surface area contributed by atoms with Crippen LogP contribution >= 0.6 is 0 Å². The Morgan fingerprint density at radius 3 is 2.35 bits per heavy atom. The third kappa shape index (κ3) is 3.27. The minimum absolute atomic E-state index is 0.220. The maximum absolute atomic E-state index is 5.36. The average molecular weight is 272 g/mol. The Morgan fingerprint density at radius 1 is 1.05 bits per heavy atom. The van der Waals surface area contributed by atoms with Gasteiger partial charge in [0.05, 0.1) is 14.2 Å². The molecule has 2 aromatic rings. The highest BCUT2D eigenvalue weighted by atomic mass is 16.5. The van der Waals surface area contributed by atoms with Crippen molar-refractivity contribution in [2.75, 3.05) is 21.3 Å². The maximum Gasteiger partial charge on any atom is 0.161 e. The standard InChI is InChI=1S/C16H20N2O2/c1-17-14(10-12-6-8-18-9-7-12)13-4-5-15(19-2)16(11-13)20-3/h4-9,11,14,17H,10H2,1-3H3. The molecule has 0 radical (unpaired) electrons. The van der Waals surface area contributed by atoms with E-state index in [9.17, 15) is 0 Å². The van der Waals surface area contributed by atoms with Crippen molar-refractivity contribution < 1.29 is 9.47 Å². The first-order valence-electron chi connectivity index (χ1n) is 6.56. The number of likely N-dealkylation sites (N-methyl/N-ethyl adjacent to an activating group) is 1. The Labute approximate surface area is 119 Å². The van der Waals surface area contributed by atoms with Crippen LogP contribution in [0.5, 0.6) is 11.5 Å². The van der Waals surface area contributed by atoms with Crippen LogP contribution in [0, 0.1) is 0 Å². The molecule has 1 heterocycles. The molecular formula is C16H20N2O2. The second-order valence-corrected chi connectivity index (χ2v) is 4.52. The summed E-state index contributed by atoms with van der Waals surface area (Å²) >= 11 is 0. The quantitative estimate of drug-likeness (QED) is 0.878. The number of nitrogens with one attached hydrogen (secondary N) is 1. The summed E-state index contributed by atoms with van der Waals surface area (Å²) in [6.45, 7) is 0. The molecule has 0 bridgehead atoms. The van der Waals surface area contributed by atoms with E-state index in [2.05, 4.69) is 16.4 Å². The first-order chi connectivity index (χ1) is 9.78. The third-order valence-corrected chi connectivity index (χ3v) is 3.35. The van der Waals surface area contributed by atoms with Gasteiger partial charge in [-0.2, -0.15) is 0 Å². The minimum Gasteiger partial charge on any atom is -0.493 e.